The first-order valence-corrected chi connectivity index (χ1v) is 6.06. The largest absolute Gasteiger partial charge is 0.462 e. The summed E-state index contributed by atoms with van der Waals surface area (Å²) in [5.74, 6) is -0.167. The minimum atomic E-state index is -0.394. The third-order valence-corrected chi connectivity index (χ3v) is 2.67. The molecular weight excluding hydrogens is 240 g/mol. The van der Waals surface area contributed by atoms with Gasteiger partial charge in [-0.15, -0.1) is 11.6 Å². The zero-order valence-electron chi connectivity index (χ0n) is 9.96. The number of carbonyl (C=O) groups is 2. The Morgan fingerprint density at radius 1 is 1.29 bits per heavy atom. The van der Waals surface area contributed by atoms with Crippen molar-refractivity contribution in [2.75, 3.05) is 6.61 Å². The van der Waals surface area contributed by atoms with Crippen molar-refractivity contribution in [3.05, 3.63) is 34.9 Å². The lowest BCUT2D eigenvalue weighted by Gasteiger charge is -2.07. The van der Waals surface area contributed by atoms with Gasteiger partial charge in [-0.3, -0.25) is 4.79 Å². The van der Waals surface area contributed by atoms with Crippen LogP contribution in [-0.2, 0) is 10.6 Å². The van der Waals surface area contributed by atoms with E-state index >= 15 is 0 Å². The van der Waals surface area contributed by atoms with E-state index in [4.69, 9.17) is 16.3 Å². The van der Waals surface area contributed by atoms with Gasteiger partial charge >= 0.3 is 5.97 Å². The van der Waals surface area contributed by atoms with Crippen LogP contribution < -0.4 is 0 Å². The van der Waals surface area contributed by atoms with Gasteiger partial charge in [0.2, 0.25) is 0 Å². The van der Waals surface area contributed by atoms with E-state index < -0.39 is 5.97 Å². The maximum atomic E-state index is 11.6. The van der Waals surface area contributed by atoms with Gasteiger partial charge in [-0.05, 0) is 24.6 Å². The SMILES string of the molecule is CCOC(=O)c1ccc(C(=O)CC)c(CCl)c1. The highest BCUT2D eigenvalue weighted by Crippen LogP contribution is 2.17. The second-order valence-electron chi connectivity index (χ2n) is 3.50. The van der Waals surface area contributed by atoms with Gasteiger partial charge in [0.05, 0.1) is 12.2 Å². The van der Waals surface area contributed by atoms with Crippen LogP contribution in [0.3, 0.4) is 0 Å². The molecule has 1 rings (SSSR count). The van der Waals surface area contributed by atoms with Crippen molar-refractivity contribution < 1.29 is 14.3 Å². The number of Topliss-reactive ketones (excluding diaryl/α,β-unsaturated/α-hetero) is 1. The monoisotopic (exact) mass is 254 g/mol. The number of carbonyl (C=O) groups excluding carboxylic acids is 2. The van der Waals surface area contributed by atoms with Crippen LogP contribution in [0.2, 0.25) is 0 Å². The molecule has 0 fully saturated rings. The summed E-state index contributed by atoms with van der Waals surface area (Å²) in [7, 11) is 0. The molecule has 0 bridgehead atoms. The number of halogens is 1. The Morgan fingerprint density at radius 2 is 2.00 bits per heavy atom. The third kappa shape index (κ3) is 3.30. The zero-order valence-corrected chi connectivity index (χ0v) is 10.7. The molecule has 0 spiro atoms. The summed E-state index contributed by atoms with van der Waals surface area (Å²) in [5.41, 5.74) is 1.68. The van der Waals surface area contributed by atoms with E-state index in [1.807, 2.05) is 0 Å². The van der Waals surface area contributed by atoms with Crippen LogP contribution in [0.25, 0.3) is 0 Å². The van der Waals surface area contributed by atoms with Crippen molar-refractivity contribution in [3.8, 4) is 0 Å². The van der Waals surface area contributed by atoms with E-state index in [2.05, 4.69) is 0 Å². The van der Waals surface area contributed by atoms with E-state index in [1.54, 1.807) is 32.0 Å². The molecule has 0 aliphatic rings. The molecule has 4 heteroatoms. The average molecular weight is 255 g/mol. The summed E-state index contributed by atoms with van der Waals surface area (Å²) in [6.07, 6.45) is 0.419. The van der Waals surface area contributed by atoms with Crippen LogP contribution in [0.5, 0.6) is 0 Å². The van der Waals surface area contributed by atoms with Crippen molar-refractivity contribution in [1.29, 1.82) is 0 Å². The summed E-state index contributed by atoms with van der Waals surface area (Å²) in [5, 5.41) is 0. The van der Waals surface area contributed by atoms with Gasteiger partial charge in [0.15, 0.2) is 5.78 Å². The van der Waals surface area contributed by atoms with Gasteiger partial charge in [0.1, 0.15) is 0 Å². The second kappa shape index (κ2) is 6.40. The van der Waals surface area contributed by atoms with Crippen molar-refractivity contribution >= 4 is 23.4 Å². The fourth-order valence-corrected chi connectivity index (χ4v) is 1.73. The molecule has 0 heterocycles. The fourth-order valence-electron chi connectivity index (χ4n) is 1.51. The summed E-state index contributed by atoms with van der Waals surface area (Å²) in [4.78, 5) is 23.1. The van der Waals surface area contributed by atoms with Crippen LogP contribution in [0.4, 0.5) is 0 Å². The molecule has 0 atom stereocenters. The quantitative estimate of drug-likeness (QED) is 0.460. The molecule has 0 unspecified atom stereocenters. The lowest BCUT2D eigenvalue weighted by molar-refractivity contribution is 0.0526. The van der Waals surface area contributed by atoms with E-state index in [-0.39, 0.29) is 11.7 Å². The predicted molar refractivity (Wildman–Crippen MR) is 66.6 cm³/mol. The van der Waals surface area contributed by atoms with Crippen molar-refractivity contribution in [3.63, 3.8) is 0 Å². The fraction of sp³-hybridized carbons (Fsp3) is 0.385. The molecule has 0 aromatic heterocycles. The van der Waals surface area contributed by atoms with Crippen LogP contribution in [0, 0.1) is 0 Å². The molecule has 3 nitrogen and oxygen atoms in total. The van der Waals surface area contributed by atoms with Gasteiger partial charge in [-0.2, -0.15) is 0 Å². The number of esters is 1. The van der Waals surface area contributed by atoms with Gasteiger partial charge < -0.3 is 4.74 Å². The minimum absolute atomic E-state index is 0.0241. The number of hydrogen-bond donors (Lipinski definition) is 0. The lowest BCUT2D eigenvalue weighted by atomic mass is 10.0. The number of benzene rings is 1. The Bertz CT molecular complexity index is 427. The average Bonchev–Trinajstić information content (AvgIpc) is 2.37. The smallest absolute Gasteiger partial charge is 0.338 e. The topological polar surface area (TPSA) is 43.4 Å². The Kier molecular flexibility index (Phi) is 5.16. The number of hydrogen-bond acceptors (Lipinski definition) is 3. The molecule has 0 aliphatic carbocycles. The highest BCUT2D eigenvalue weighted by atomic mass is 35.5. The van der Waals surface area contributed by atoms with Gasteiger partial charge in [0, 0.05) is 17.9 Å². The lowest BCUT2D eigenvalue weighted by Crippen LogP contribution is -2.08. The Hall–Kier alpha value is -1.35. The van der Waals surface area contributed by atoms with E-state index in [1.165, 1.54) is 0 Å². The van der Waals surface area contributed by atoms with Crippen LogP contribution in [0.1, 0.15) is 46.5 Å². The van der Waals surface area contributed by atoms with Crippen LogP contribution in [-0.4, -0.2) is 18.4 Å². The first kappa shape index (κ1) is 13.7. The second-order valence-corrected chi connectivity index (χ2v) is 3.77. The van der Waals surface area contributed by atoms with Crippen LogP contribution in [0.15, 0.2) is 18.2 Å². The maximum Gasteiger partial charge on any atom is 0.338 e. The molecule has 17 heavy (non-hydrogen) atoms. The number of rotatable bonds is 5. The molecule has 0 radical (unpaired) electrons. The normalized spacial score (nSPS) is 10.1. The predicted octanol–water partition coefficient (Wildman–Crippen LogP) is 3.19. The van der Waals surface area contributed by atoms with Crippen molar-refractivity contribution in [1.82, 2.24) is 0 Å². The number of ketones is 1. The Balaban J connectivity index is 3.08. The first-order valence-electron chi connectivity index (χ1n) is 5.53. The zero-order chi connectivity index (χ0) is 12.8. The van der Waals surface area contributed by atoms with Gasteiger partial charge in [0.25, 0.3) is 0 Å². The highest BCUT2D eigenvalue weighted by molar-refractivity contribution is 6.18. The van der Waals surface area contributed by atoms with E-state index in [0.717, 1.165) is 0 Å². The standard InChI is InChI=1S/C13H15ClO3/c1-3-12(15)11-6-5-9(7-10(11)8-14)13(16)17-4-2/h5-7H,3-4,8H2,1-2H3. The third-order valence-electron chi connectivity index (χ3n) is 2.38. The highest BCUT2D eigenvalue weighted by Gasteiger charge is 2.13. The minimum Gasteiger partial charge on any atom is -0.462 e. The van der Waals surface area contributed by atoms with Crippen molar-refractivity contribution in [2.24, 2.45) is 0 Å². The first-order chi connectivity index (χ1) is 8.13. The number of ether oxygens (including phenoxy) is 1. The summed E-state index contributed by atoms with van der Waals surface area (Å²) >= 11 is 5.78. The van der Waals surface area contributed by atoms with Crippen molar-refractivity contribution in [2.45, 2.75) is 26.1 Å². The summed E-state index contributed by atoms with van der Waals surface area (Å²) in [6.45, 7) is 3.86. The molecular formula is C13H15ClO3. The molecule has 0 aliphatic heterocycles. The maximum absolute atomic E-state index is 11.6. The summed E-state index contributed by atoms with van der Waals surface area (Å²) in [6, 6.07) is 4.85. The molecule has 0 saturated carbocycles. The molecule has 1 aromatic rings. The molecule has 92 valence electrons. The van der Waals surface area contributed by atoms with E-state index in [9.17, 15) is 9.59 Å². The molecule has 0 saturated heterocycles. The van der Waals surface area contributed by atoms with Gasteiger partial charge in [-0.1, -0.05) is 13.0 Å². The Labute approximate surface area is 106 Å². The Morgan fingerprint density at radius 3 is 2.53 bits per heavy atom. The summed E-state index contributed by atoms with van der Waals surface area (Å²) < 4.78 is 4.89. The van der Waals surface area contributed by atoms with Gasteiger partial charge in [-0.25, -0.2) is 4.79 Å². The van der Waals surface area contributed by atoms with Crippen LogP contribution >= 0.6 is 11.6 Å². The molecule has 1 aromatic carbocycles. The van der Waals surface area contributed by atoms with E-state index in [0.29, 0.717) is 29.7 Å². The molecule has 0 N–H and O–H groups in total. The number of alkyl halides is 1. The molecule has 0 amide bonds.